The molecule has 2 aromatic rings. The van der Waals surface area contributed by atoms with Gasteiger partial charge in [-0.2, -0.15) is 13.2 Å². The lowest BCUT2D eigenvalue weighted by Crippen LogP contribution is -2.02. The Labute approximate surface area is 147 Å². The van der Waals surface area contributed by atoms with Gasteiger partial charge in [-0.1, -0.05) is 37.8 Å². The van der Waals surface area contributed by atoms with Crippen molar-refractivity contribution in [3.8, 4) is 23.0 Å². The molecule has 26 heavy (non-hydrogen) atoms. The first-order valence-electron chi connectivity index (χ1n) is 8.09. The highest BCUT2D eigenvalue weighted by atomic mass is 19.4. The minimum atomic E-state index is -4.86. The van der Waals surface area contributed by atoms with Crippen LogP contribution in [0.2, 0.25) is 0 Å². The number of rotatable bonds is 5. The summed E-state index contributed by atoms with van der Waals surface area (Å²) in [4.78, 5) is 0. The third-order valence-electron chi connectivity index (χ3n) is 3.78. The summed E-state index contributed by atoms with van der Waals surface area (Å²) in [5, 5.41) is 0. The maximum atomic E-state index is 14.3. The molecule has 0 saturated heterocycles. The molecule has 0 aliphatic heterocycles. The number of hydrogen-bond acceptors (Lipinski definition) is 0. The van der Waals surface area contributed by atoms with Gasteiger partial charge in [0, 0.05) is 11.5 Å². The summed E-state index contributed by atoms with van der Waals surface area (Å²) in [6.45, 7) is 2.05. The Hall–Kier alpha value is -2.42. The van der Waals surface area contributed by atoms with Gasteiger partial charge < -0.3 is 0 Å². The van der Waals surface area contributed by atoms with Crippen LogP contribution in [0.1, 0.15) is 37.3 Å². The molecule has 0 saturated carbocycles. The van der Waals surface area contributed by atoms with Crippen LogP contribution in [0.3, 0.4) is 0 Å². The maximum Gasteiger partial charge on any atom is 0.458 e. The van der Waals surface area contributed by atoms with Crippen molar-refractivity contribution in [1.29, 1.82) is 0 Å². The van der Waals surface area contributed by atoms with Gasteiger partial charge >= 0.3 is 6.18 Å². The number of halogens is 6. The van der Waals surface area contributed by atoms with Gasteiger partial charge in [-0.15, -0.1) is 0 Å². The zero-order valence-electron chi connectivity index (χ0n) is 14.0. The molecule has 2 aromatic carbocycles. The lowest BCUT2D eigenvalue weighted by molar-refractivity contribution is -0.0696. The third-order valence-corrected chi connectivity index (χ3v) is 3.78. The van der Waals surface area contributed by atoms with E-state index < -0.39 is 29.2 Å². The molecule has 138 valence electrons. The molecule has 0 heterocycles. The molecular formula is C20H16F6. The van der Waals surface area contributed by atoms with E-state index in [1.807, 2.05) is 0 Å². The average Bonchev–Trinajstić information content (AvgIpc) is 2.53. The highest BCUT2D eigenvalue weighted by Crippen LogP contribution is 2.28. The second kappa shape index (κ2) is 8.31. The first-order valence-corrected chi connectivity index (χ1v) is 8.09. The Morgan fingerprint density at radius 1 is 0.885 bits per heavy atom. The third kappa shape index (κ3) is 5.29. The molecule has 0 fully saturated rings. The summed E-state index contributed by atoms with van der Waals surface area (Å²) < 4.78 is 78.5. The van der Waals surface area contributed by atoms with Crippen molar-refractivity contribution >= 4 is 0 Å². The summed E-state index contributed by atoms with van der Waals surface area (Å²) in [6.07, 6.45) is -1.22. The summed E-state index contributed by atoms with van der Waals surface area (Å²) >= 11 is 0. The molecule has 0 nitrogen and oxygen atoms in total. The van der Waals surface area contributed by atoms with Gasteiger partial charge in [0.2, 0.25) is 0 Å². The molecule has 0 N–H and O–H groups in total. The van der Waals surface area contributed by atoms with Crippen molar-refractivity contribution < 1.29 is 26.3 Å². The Balaban J connectivity index is 2.33. The average molecular weight is 370 g/mol. The summed E-state index contributed by atoms with van der Waals surface area (Å²) in [5.41, 5.74) is -0.358. The molecular weight excluding hydrogens is 354 g/mol. The zero-order valence-corrected chi connectivity index (χ0v) is 14.0. The quantitative estimate of drug-likeness (QED) is 0.324. The minimum absolute atomic E-state index is 0.0302. The van der Waals surface area contributed by atoms with Gasteiger partial charge in [-0.3, -0.25) is 0 Å². The fourth-order valence-corrected chi connectivity index (χ4v) is 2.51. The number of alkyl halides is 3. The normalized spacial score (nSPS) is 11.2. The monoisotopic (exact) mass is 370 g/mol. The van der Waals surface area contributed by atoms with Gasteiger partial charge in [0.25, 0.3) is 0 Å². The second-order valence-electron chi connectivity index (χ2n) is 5.83. The Morgan fingerprint density at radius 3 is 2.08 bits per heavy atom. The van der Waals surface area contributed by atoms with Crippen LogP contribution in [0.4, 0.5) is 26.3 Å². The van der Waals surface area contributed by atoms with Crippen molar-refractivity contribution in [2.45, 2.75) is 38.8 Å². The van der Waals surface area contributed by atoms with Gasteiger partial charge in [0.05, 0.1) is 5.56 Å². The first-order chi connectivity index (χ1) is 12.2. The van der Waals surface area contributed by atoms with Gasteiger partial charge in [0.1, 0.15) is 17.5 Å². The summed E-state index contributed by atoms with van der Waals surface area (Å²) in [5.74, 6) is -0.944. The van der Waals surface area contributed by atoms with Crippen LogP contribution in [0, 0.1) is 29.3 Å². The van der Waals surface area contributed by atoms with Crippen molar-refractivity contribution in [3.63, 3.8) is 0 Å². The Kier molecular flexibility index (Phi) is 6.36. The van der Waals surface area contributed by atoms with Crippen molar-refractivity contribution in [2.24, 2.45) is 0 Å². The summed E-state index contributed by atoms with van der Waals surface area (Å²) in [6, 6.07) is 5.93. The van der Waals surface area contributed by atoms with Crippen molar-refractivity contribution in [1.82, 2.24) is 0 Å². The SMILES string of the molecule is CCCCCc1ccc(-c2cc(F)c(C#CC(F)(F)F)c(F)c2)c(F)c1. The molecule has 0 unspecified atom stereocenters. The van der Waals surface area contributed by atoms with Crippen LogP contribution in [0.5, 0.6) is 0 Å². The molecule has 0 atom stereocenters. The fraction of sp³-hybridized carbons (Fsp3) is 0.300. The summed E-state index contributed by atoms with van der Waals surface area (Å²) in [7, 11) is 0. The van der Waals surface area contributed by atoms with Gasteiger partial charge in [0.15, 0.2) is 0 Å². The highest BCUT2D eigenvalue weighted by molar-refractivity contribution is 5.66. The molecule has 0 amide bonds. The topological polar surface area (TPSA) is 0 Å². The van der Waals surface area contributed by atoms with E-state index in [4.69, 9.17) is 0 Å². The molecule has 0 aliphatic rings. The number of benzene rings is 2. The Bertz CT molecular complexity index is 817. The van der Waals surface area contributed by atoms with Crippen LogP contribution in [0.25, 0.3) is 11.1 Å². The van der Waals surface area contributed by atoms with E-state index in [0.29, 0.717) is 6.42 Å². The first kappa shape index (κ1) is 19.9. The van der Waals surface area contributed by atoms with E-state index in [1.54, 1.807) is 6.07 Å². The minimum Gasteiger partial charge on any atom is -0.206 e. The van der Waals surface area contributed by atoms with Crippen LogP contribution < -0.4 is 0 Å². The molecule has 0 spiro atoms. The lowest BCUT2D eigenvalue weighted by Gasteiger charge is -2.08. The van der Waals surface area contributed by atoms with E-state index in [0.717, 1.165) is 42.9 Å². The smallest absolute Gasteiger partial charge is 0.206 e. The standard InChI is InChI=1S/C20H16F6/c1-2-3-4-5-13-6-7-15(17(21)10-13)14-11-18(22)16(19(23)12-14)8-9-20(24,25)26/h6-7,10-12H,2-5H2,1H3. The van der Waals surface area contributed by atoms with Gasteiger partial charge in [-0.25, -0.2) is 13.2 Å². The molecule has 0 bridgehead atoms. The lowest BCUT2D eigenvalue weighted by atomic mass is 9.99. The molecule has 0 radical (unpaired) electrons. The van der Waals surface area contributed by atoms with E-state index >= 15 is 0 Å². The zero-order chi connectivity index (χ0) is 19.3. The van der Waals surface area contributed by atoms with Crippen LogP contribution >= 0.6 is 0 Å². The van der Waals surface area contributed by atoms with Crippen LogP contribution in [-0.4, -0.2) is 6.18 Å². The molecule has 6 heteroatoms. The van der Waals surface area contributed by atoms with Crippen LogP contribution in [-0.2, 0) is 6.42 Å². The number of unbranched alkanes of at least 4 members (excludes halogenated alkanes) is 2. The van der Waals surface area contributed by atoms with E-state index in [1.165, 1.54) is 18.1 Å². The molecule has 0 aliphatic carbocycles. The second-order valence-corrected chi connectivity index (χ2v) is 5.83. The predicted molar refractivity (Wildman–Crippen MR) is 87.9 cm³/mol. The largest absolute Gasteiger partial charge is 0.458 e. The molecule has 0 aromatic heterocycles. The van der Waals surface area contributed by atoms with Gasteiger partial charge in [-0.05, 0) is 42.2 Å². The fourth-order valence-electron chi connectivity index (χ4n) is 2.51. The van der Waals surface area contributed by atoms with Crippen molar-refractivity contribution in [2.75, 3.05) is 0 Å². The van der Waals surface area contributed by atoms with E-state index in [-0.39, 0.29) is 11.1 Å². The van der Waals surface area contributed by atoms with E-state index in [2.05, 4.69) is 6.92 Å². The predicted octanol–water partition coefficient (Wildman–Crippen LogP) is 6.42. The van der Waals surface area contributed by atoms with Crippen molar-refractivity contribution in [3.05, 3.63) is 58.9 Å². The highest BCUT2D eigenvalue weighted by Gasteiger charge is 2.23. The van der Waals surface area contributed by atoms with Crippen LogP contribution in [0.15, 0.2) is 30.3 Å². The Morgan fingerprint density at radius 2 is 1.54 bits per heavy atom. The maximum absolute atomic E-state index is 14.3. The number of aryl methyl sites for hydroxylation is 1. The van der Waals surface area contributed by atoms with E-state index in [9.17, 15) is 26.3 Å². The molecule has 2 rings (SSSR count). The number of hydrogen-bond donors (Lipinski definition) is 0.